The fraction of sp³-hybridized carbons (Fsp3) is 0.455. The van der Waals surface area contributed by atoms with Gasteiger partial charge in [0, 0.05) is 17.4 Å². The molecule has 0 spiro atoms. The average Bonchev–Trinajstić information content (AvgIpc) is 2.06. The lowest BCUT2D eigenvalue weighted by Gasteiger charge is -2.32. The largest absolute Gasteiger partial charge is 0.399 e. The number of hydrogen-bond donors (Lipinski definition) is 3. The molecule has 0 unspecified atom stereocenters. The van der Waals surface area contributed by atoms with Crippen molar-refractivity contribution in [2.45, 2.75) is 25.3 Å². The van der Waals surface area contributed by atoms with Crippen molar-refractivity contribution >= 4 is 11.4 Å². The number of rotatable bonds is 2. The molecule has 3 heteroatoms. The zero-order valence-corrected chi connectivity index (χ0v) is 8.24. The Kier molecular flexibility index (Phi) is 2.33. The third-order valence-electron chi connectivity index (χ3n) is 3.13. The lowest BCUT2D eigenvalue weighted by molar-refractivity contribution is 0.265. The Bertz CT molecular complexity index is 331. The smallest absolute Gasteiger partial charge is 0.0364 e. The second-order valence-electron chi connectivity index (χ2n) is 4.11. The Morgan fingerprint density at radius 3 is 2.50 bits per heavy atom. The summed E-state index contributed by atoms with van der Waals surface area (Å²) in [6, 6.07) is 5.61. The maximum absolute atomic E-state index is 6.13. The Morgan fingerprint density at radius 1 is 1.21 bits per heavy atom. The van der Waals surface area contributed by atoms with Crippen LogP contribution in [0.2, 0.25) is 0 Å². The maximum atomic E-state index is 6.13. The summed E-state index contributed by atoms with van der Waals surface area (Å²) in [5.74, 6) is 0.596. The van der Waals surface area contributed by atoms with Gasteiger partial charge in [-0.3, -0.25) is 0 Å². The zero-order chi connectivity index (χ0) is 10.1. The van der Waals surface area contributed by atoms with Crippen LogP contribution in [0.5, 0.6) is 0 Å². The molecule has 1 fully saturated rings. The van der Waals surface area contributed by atoms with E-state index in [1.165, 1.54) is 19.3 Å². The minimum absolute atomic E-state index is 0.0623. The van der Waals surface area contributed by atoms with Gasteiger partial charge in [0.05, 0.1) is 0 Å². The molecule has 0 aliphatic heterocycles. The molecule has 0 heterocycles. The van der Waals surface area contributed by atoms with Crippen molar-refractivity contribution < 1.29 is 0 Å². The molecule has 6 N–H and O–H groups in total. The van der Waals surface area contributed by atoms with E-state index in [9.17, 15) is 0 Å². The second kappa shape index (κ2) is 3.50. The van der Waals surface area contributed by atoms with E-state index < -0.39 is 0 Å². The van der Waals surface area contributed by atoms with E-state index in [4.69, 9.17) is 17.2 Å². The lowest BCUT2D eigenvalue weighted by Crippen LogP contribution is -2.27. The van der Waals surface area contributed by atoms with Crippen molar-refractivity contribution in [2.75, 3.05) is 11.5 Å². The highest BCUT2D eigenvalue weighted by molar-refractivity contribution is 5.56. The van der Waals surface area contributed by atoms with Crippen LogP contribution in [-0.4, -0.2) is 0 Å². The molecule has 14 heavy (non-hydrogen) atoms. The van der Waals surface area contributed by atoms with Crippen LogP contribution in [0.3, 0.4) is 0 Å². The predicted octanol–water partition coefficient (Wildman–Crippen LogP) is 1.65. The SMILES string of the molecule is Nc1ccc(N)c([C@H](N)C2CCC2)c1. The normalized spacial score (nSPS) is 18.9. The Hall–Kier alpha value is -1.22. The van der Waals surface area contributed by atoms with E-state index in [1.54, 1.807) is 0 Å². The van der Waals surface area contributed by atoms with Gasteiger partial charge in [-0.15, -0.1) is 0 Å². The number of hydrogen-bond acceptors (Lipinski definition) is 3. The first-order chi connectivity index (χ1) is 6.68. The van der Waals surface area contributed by atoms with Crippen LogP contribution in [0.15, 0.2) is 18.2 Å². The van der Waals surface area contributed by atoms with Crippen molar-refractivity contribution in [2.24, 2.45) is 11.7 Å². The van der Waals surface area contributed by atoms with Crippen LogP contribution in [0.4, 0.5) is 11.4 Å². The average molecular weight is 191 g/mol. The monoisotopic (exact) mass is 191 g/mol. The first kappa shape index (κ1) is 9.34. The Balaban J connectivity index is 2.24. The topological polar surface area (TPSA) is 78.1 Å². The summed E-state index contributed by atoms with van der Waals surface area (Å²) in [6.07, 6.45) is 3.73. The van der Waals surface area contributed by atoms with Gasteiger partial charge >= 0.3 is 0 Å². The third-order valence-corrected chi connectivity index (χ3v) is 3.13. The van der Waals surface area contributed by atoms with Crippen molar-refractivity contribution in [3.8, 4) is 0 Å². The summed E-state index contributed by atoms with van der Waals surface area (Å²) >= 11 is 0. The molecule has 76 valence electrons. The maximum Gasteiger partial charge on any atom is 0.0364 e. The van der Waals surface area contributed by atoms with Gasteiger partial charge in [0.1, 0.15) is 0 Å². The van der Waals surface area contributed by atoms with Crippen LogP contribution in [0, 0.1) is 5.92 Å². The molecule has 0 aromatic heterocycles. The highest BCUT2D eigenvalue weighted by Crippen LogP contribution is 2.38. The van der Waals surface area contributed by atoms with Gasteiger partial charge in [-0.2, -0.15) is 0 Å². The summed E-state index contributed by atoms with van der Waals surface area (Å²) in [7, 11) is 0. The van der Waals surface area contributed by atoms with Gasteiger partial charge in [-0.25, -0.2) is 0 Å². The van der Waals surface area contributed by atoms with Gasteiger partial charge in [0.2, 0.25) is 0 Å². The van der Waals surface area contributed by atoms with Crippen molar-refractivity contribution in [1.29, 1.82) is 0 Å². The first-order valence-electron chi connectivity index (χ1n) is 5.09. The van der Waals surface area contributed by atoms with E-state index in [0.29, 0.717) is 5.92 Å². The highest BCUT2D eigenvalue weighted by atomic mass is 14.7. The standard InChI is InChI=1S/C11H17N3/c12-8-4-5-10(13)9(6-8)11(14)7-2-1-3-7/h4-7,11H,1-3,12-14H2/t11-/m1/s1. The van der Waals surface area contributed by atoms with Crippen LogP contribution in [-0.2, 0) is 0 Å². The molecule has 1 aromatic carbocycles. The zero-order valence-electron chi connectivity index (χ0n) is 8.24. The van der Waals surface area contributed by atoms with Crippen LogP contribution in [0.1, 0.15) is 30.9 Å². The molecule has 2 rings (SSSR count). The third kappa shape index (κ3) is 1.55. The summed E-state index contributed by atoms with van der Waals surface area (Å²) < 4.78 is 0. The first-order valence-corrected chi connectivity index (χ1v) is 5.09. The van der Waals surface area contributed by atoms with Crippen LogP contribution < -0.4 is 17.2 Å². The fourth-order valence-electron chi connectivity index (χ4n) is 1.93. The quantitative estimate of drug-likeness (QED) is 0.622. The highest BCUT2D eigenvalue weighted by Gasteiger charge is 2.26. The fourth-order valence-corrected chi connectivity index (χ4v) is 1.93. The van der Waals surface area contributed by atoms with Gasteiger partial charge in [0.25, 0.3) is 0 Å². The Labute approximate surface area is 84.3 Å². The van der Waals surface area contributed by atoms with E-state index in [-0.39, 0.29) is 6.04 Å². The van der Waals surface area contributed by atoms with Gasteiger partial charge in [-0.1, -0.05) is 6.42 Å². The van der Waals surface area contributed by atoms with Gasteiger partial charge < -0.3 is 17.2 Å². The molecule has 0 radical (unpaired) electrons. The van der Waals surface area contributed by atoms with Gasteiger partial charge in [0.15, 0.2) is 0 Å². The number of nitrogens with two attached hydrogens (primary N) is 3. The van der Waals surface area contributed by atoms with Crippen LogP contribution >= 0.6 is 0 Å². The number of anilines is 2. The van der Waals surface area contributed by atoms with E-state index >= 15 is 0 Å². The number of nitrogen functional groups attached to an aromatic ring is 2. The molecule has 1 atom stereocenters. The summed E-state index contributed by atoms with van der Waals surface area (Å²) in [4.78, 5) is 0. The van der Waals surface area contributed by atoms with Gasteiger partial charge in [-0.05, 0) is 42.5 Å². The summed E-state index contributed by atoms with van der Waals surface area (Å²) in [6.45, 7) is 0. The van der Waals surface area contributed by atoms with Crippen molar-refractivity contribution in [3.63, 3.8) is 0 Å². The minimum atomic E-state index is 0.0623. The summed E-state index contributed by atoms with van der Waals surface area (Å²) in [5, 5.41) is 0. The predicted molar refractivity (Wildman–Crippen MR) is 59.5 cm³/mol. The molecule has 1 aromatic rings. The number of benzene rings is 1. The molecule has 1 saturated carbocycles. The van der Waals surface area contributed by atoms with E-state index in [1.807, 2.05) is 18.2 Å². The molecule has 1 aliphatic carbocycles. The second-order valence-corrected chi connectivity index (χ2v) is 4.11. The van der Waals surface area contributed by atoms with Crippen LogP contribution in [0.25, 0.3) is 0 Å². The van der Waals surface area contributed by atoms with Crippen molar-refractivity contribution in [3.05, 3.63) is 23.8 Å². The summed E-state index contributed by atoms with van der Waals surface area (Å²) in [5.41, 5.74) is 20.2. The molecule has 0 amide bonds. The van der Waals surface area contributed by atoms with Crippen molar-refractivity contribution in [1.82, 2.24) is 0 Å². The van der Waals surface area contributed by atoms with E-state index in [0.717, 1.165) is 16.9 Å². The lowest BCUT2D eigenvalue weighted by atomic mass is 9.77. The molecule has 3 nitrogen and oxygen atoms in total. The minimum Gasteiger partial charge on any atom is -0.399 e. The molecular weight excluding hydrogens is 174 g/mol. The molecular formula is C11H17N3. The molecule has 0 saturated heterocycles. The van der Waals surface area contributed by atoms with E-state index in [2.05, 4.69) is 0 Å². The Morgan fingerprint density at radius 2 is 1.93 bits per heavy atom. The molecule has 1 aliphatic rings. The molecule has 0 bridgehead atoms.